The Kier molecular flexibility index (Phi) is 5.79. The van der Waals surface area contributed by atoms with E-state index in [1.54, 1.807) is 0 Å². The number of para-hydroxylation sites is 2. The number of nitrogens with one attached hydrogen (secondary N) is 2. The number of hydrogen-bond donors (Lipinski definition) is 3. The van der Waals surface area contributed by atoms with Crippen molar-refractivity contribution in [1.29, 1.82) is 0 Å². The van der Waals surface area contributed by atoms with Crippen LogP contribution in [0.5, 0.6) is 5.75 Å². The van der Waals surface area contributed by atoms with Crippen molar-refractivity contribution in [2.75, 3.05) is 5.32 Å². The first-order valence-corrected chi connectivity index (χ1v) is 9.18. The molecule has 0 aliphatic heterocycles. The Labute approximate surface area is 147 Å². The highest BCUT2D eigenvalue weighted by Gasteiger charge is 2.27. The quantitative estimate of drug-likeness (QED) is 0.757. The molecule has 3 N–H and O–H groups in total. The van der Waals surface area contributed by atoms with Crippen LogP contribution in [0.15, 0.2) is 24.3 Å². The van der Waals surface area contributed by atoms with Crippen LogP contribution in [-0.2, 0) is 4.79 Å². The van der Waals surface area contributed by atoms with E-state index in [0.717, 1.165) is 12.8 Å². The lowest BCUT2D eigenvalue weighted by Crippen LogP contribution is -2.41. The van der Waals surface area contributed by atoms with Gasteiger partial charge in [0.15, 0.2) is 0 Å². The van der Waals surface area contributed by atoms with Gasteiger partial charge in [-0.15, -0.1) is 0 Å². The first kappa shape index (κ1) is 17.6. The number of carboxylic acids is 1. The summed E-state index contributed by atoms with van der Waals surface area (Å²) in [5.74, 6) is -0.304. The molecule has 0 bridgehead atoms. The van der Waals surface area contributed by atoms with E-state index in [1.165, 1.54) is 12.8 Å². The third kappa shape index (κ3) is 4.87. The fourth-order valence-corrected chi connectivity index (χ4v) is 3.69. The van der Waals surface area contributed by atoms with Gasteiger partial charge in [0.2, 0.25) is 0 Å². The van der Waals surface area contributed by atoms with Gasteiger partial charge in [0, 0.05) is 6.04 Å². The molecule has 3 rings (SSSR count). The van der Waals surface area contributed by atoms with Crippen LogP contribution in [0, 0.1) is 5.92 Å². The lowest BCUT2D eigenvalue weighted by Gasteiger charge is -2.27. The summed E-state index contributed by atoms with van der Waals surface area (Å²) in [6, 6.07) is 7.26. The molecule has 6 nitrogen and oxygen atoms in total. The van der Waals surface area contributed by atoms with Gasteiger partial charge >= 0.3 is 12.0 Å². The van der Waals surface area contributed by atoms with Gasteiger partial charge in [-0.25, -0.2) is 4.79 Å². The number of urea groups is 1. The number of anilines is 1. The molecule has 0 radical (unpaired) electrons. The molecule has 2 fully saturated rings. The first-order valence-electron chi connectivity index (χ1n) is 9.18. The van der Waals surface area contributed by atoms with Crippen LogP contribution in [0.1, 0.15) is 51.4 Å². The molecule has 0 heterocycles. The van der Waals surface area contributed by atoms with E-state index in [-0.39, 0.29) is 24.1 Å². The van der Waals surface area contributed by atoms with Crippen molar-refractivity contribution in [1.82, 2.24) is 5.32 Å². The molecular weight excluding hydrogens is 320 g/mol. The van der Waals surface area contributed by atoms with Crippen LogP contribution >= 0.6 is 0 Å². The molecule has 2 amide bonds. The minimum absolute atomic E-state index is 0.0264. The molecule has 1 aromatic rings. The number of carbonyl (C=O) groups excluding carboxylic acids is 1. The third-order valence-corrected chi connectivity index (χ3v) is 5.14. The van der Waals surface area contributed by atoms with E-state index in [2.05, 4.69) is 10.6 Å². The van der Waals surface area contributed by atoms with Gasteiger partial charge in [0.1, 0.15) is 5.75 Å². The van der Waals surface area contributed by atoms with Crippen molar-refractivity contribution < 1.29 is 19.4 Å². The summed E-state index contributed by atoms with van der Waals surface area (Å²) in [6.07, 6.45) is 7.37. The zero-order valence-corrected chi connectivity index (χ0v) is 14.4. The van der Waals surface area contributed by atoms with E-state index >= 15 is 0 Å². The Balaban J connectivity index is 1.52. The van der Waals surface area contributed by atoms with Crippen LogP contribution in [0.3, 0.4) is 0 Å². The van der Waals surface area contributed by atoms with Crippen molar-refractivity contribution in [2.45, 2.75) is 63.5 Å². The minimum atomic E-state index is -0.735. The minimum Gasteiger partial charge on any atom is -0.488 e. The number of hydrogen-bond acceptors (Lipinski definition) is 3. The summed E-state index contributed by atoms with van der Waals surface area (Å²) in [4.78, 5) is 23.3. The maximum Gasteiger partial charge on any atom is 0.319 e. The monoisotopic (exact) mass is 346 g/mol. The van der Waals surface area contributed by atoms with E-state index in [0.29, 0.717) is 37.1 Å². The smallest absolute Gasteiger partial charge is 0.319 e. The molecule has 0 spiro atoms. The maximum atomic E-state index is 12.3. The normalized spacial score (nSPS) is 23.8. The Morgan fingerprint density at radius 1 is 1.00 bits per heavy atom. The van der Waals surface area contributed by atoms with E-state index in [1.807, 2.05) is 24.3 Å². The summed E-state index contributed by atoms with van der Waals surface area (Å²) in [5, 5.41) is 14.9. The molecule has 6 heteroatoms. The van der Waals surface area contributed by atoms with Gasteiger partial charge in [-0.3, -0.25) is 4.79 Å². The lowest BCUT2D eigenvalue weighted by atomic mass is 9.86. The average Bonchev–Trinajstić information content (AvgIpc) is 3.10. The fourth-order valence-electron chi connectivity index (χ4n) is 3.69. The van der Waals surface area contributed by atoms with Crippen LogP contribution in [0.4, 0.5) is 10.5 Å². The van der Waals surface area contributed by atoms with Crippen LogP contribution in [0.2, 0.25) is 0 Å². The predicted molar refractivity (Wildman–Crippen MR) is 94.9 cm³/mol. The van der Waals surface area contributed by atoms with Crippen LogP contribution in [0.25, 0.3) is 0 Å². The van der Waals surface area contributed by atoms with Crippen molar-refractivity contribution in [3.63, 3.8) is 0 Å². The van der Waals surface area contributed by atoms with Crippen molar-refractivity contribution in [3.8, 4) is 5.75 Å². The Morgan fingerprint density at radius 3 is 2.36 bits per heavy atom. The number of carboxylic acid groups (broad SMARTS) is 1. The predicted octanol–water partition coefficient (Wildman–Crippen LogP) is 3.77. The summed E-state index contributed by atoms with van der Waals surface area (Å²) in [5.41, 5.74) is 0.672. The summed E-state index contributed by atoms with van der Waals surface area (Å²) in [7, 11) is 0. The van der Waals surface area contributed by atoms with Gasteiger partial charge in [0.05, 0.1) is 17.7 Å². The molecule has 0 saturated heterocycles. The molecule has 136 valence electrons. The summed E-state index contributed by atoms with van der Waals surface area (Å²) in [6.45, 7) is 0. The second-order valence-electron chi connectivity index (χ2n) is 7.01. The zero-order chi connectivity index (χ0) is 17.6. The zero-order valence-electron chi connectivity index (χ0n) is 14.4. The largest absolute Gasteiger partial charge is 0.488 e. The Hall–Kier alpha value is -2.24. The number of aliphatic carboxylic acids is 1. The highest BCUT2D eigenvalue weighted by atomic mass is 16.5. The molecular formula is C19H26N2O4. The van der Waals surface area contributed by atoms with E-state index in [9.17, 15) is 9.59 Å². The average molecular weight is 346 g/mol. The van der Waals surface area contributed by atoms with Crippen molar-refractivity contribution in [3.05, 3.63) is 24.3 Å². The second kappa shape index (κ2) is 8.23. The van der Waals surface area contributed by atoms with E-state index < -0.39 is 5.97 Å². The van der Waals surface area contributed by atoms with Crippen molar-refractivity contribution >= 4 is 17.7 Å². The van der Waals surface area contributed by atoms with Gasteiger partial charge in [0.25, 0.3) is 0 Å². The topological polar surface area (TPSA) is 87.7 Å². The molecule has 0 aromatic heterocycles. The Morgan fingerprint density at radius 2 is 1.68 bits per heavy atom. The van der Waals surface area contributed by atoms with Crippen LogP contribution in [-0.4, -0.2) is 29.3 Å². The number of carbonyl (C=O) groups is 2. The maximum absolute atomic E-state index is 12.3. The van der Waals surface area contributed by atoms with Crippen molar-refractivity contribution in [2.24, 2.45) is 5.92 Å². The standard InChI is InChI=1S/C19H26N2O4/c22-18(23)13-9-11-14(12-10-13)20-19(24)21-16-7-3-4-8-17(16)25-15-5-1-2-6-15/h3-4,7-8,13-15H,1-2,5-6,9-12H2,(H,22,23)(H2,20,21,24). The highest BCUT2D eigenvalue weighted by molar-refractivity contribution is 5.91. The lowest BCUT2D eigenvalue weighted by molar-refractivity contribution is -0.142. The van der Waals surface area contributed by atoms with Gasteiger partial charge < -0.3 is 20.5 Å². The number of rotatable bonds is 5. The molecule has 0 unspecified atom stereocenters. The Bertz CT molecular complexity index is 605. The van der Waals surface area contributed by atoms with E-state index in [4.69, 9.17) is 9.84 Å². The molecule has 2 aliphatic carbocycles. The molecule has 25 heavy (non-hydrogen) atoms. The molecule has 2 saturated carbocycles. The van der Waals surface area contributed by atoms with Crippen LogP contribution < -0.4 is 15.4 Å². The number of ether oxygens (including phenoxy) is 1. The highest BCUT2D eigenvalue weighted by Crippen LogP contribution is 2.30. The summed E-state index contributed by atoms with van der Waals surface area (Å²) >= 11 is 0. The SMILES string of the molecule is O=C(Nc1ccccc1OC1CCCC1)NC1CCC(C(=O)O)CC1. The van der Waals surface area contributed by atoms with Gasteiger partial charge in [-0.05, 0) is 63.5 Å². The molecule has 2 aliphatic rings. The number of benzene rings is 1. The third-order valence-electron chi connectivity index (χ3n) is 5.14. The molecule has 1 aromatic carbocycles. The summed E-state index contributed by atoms with van der Waals surface area (Å²) < 4.78 is 6.03. The first-order chi connectivity index (χ1) is 12.1. The molecule has 0 atom stereocenters. The second-order valence-corrected chi connectivity index (χ2v) is 7.01. The fraction of sp³-hybridized carbons (Fsp3) is 0.579. The van der Waals surface area contributed by atoms with Gasteiger partial charge in [-0.1, -0.05) is 12.1 Å². The number of amides is 2. The van der Waals surface area contributed by atoms with Gasteiger partial charge in [-0.2, -0.15) is 0 Å².